The summed E-state index contributed by atoms with van der Waals surface area (Å²) in [5.74, 6) is 1.68. The number of hydrogen-bond donors (Lipinski definition) is 0. The number of hydrogen-bond acceptors (Lipinski definition) is 4. The van der Waals surface area contributed by atoms with E-state index in [4.69, 9.17) is 9.47 Å². The van der Waals surface area contributed by atoms with Crippen molar-refractivity contribution in [3.05, 3.63) is 35.9 Å². The topological polar surface area (TPSA) is 42.0 Å². The second kappa shape index (κ2) is 9.90. The molecule has 0 unspecified atom stereocenters. The molecule has 0 bridgehead atoms. The lowest BCUT2D eigenvalue weighted by Crippen LogP contribution is -2.39. The van der Waals surface area contributed by atoms with E-state index < -0.39 is 0 Å². The molecule has 2 heterocycles. The monoisotopic (exact) mass is 372 g/mol. The smallest absolute Gasteiger partial charge is 0.246 e. The van der Waals surface area contributed by atoms with Crippen molar-refractivity contribution in [3.63, 3.8) is 0 Å². The van der Waals surface area contributed by atoms with Gasteiger partial charge in [-0.3, -0.25) is 4.79 Å². The van der Waals surface area contributed by atoms with Gasteiger partial charge in [0.1, 0.15) is 11.9 Å². The van der Waals surface area contributed by atoms with Crippen LogP contribution in [0.25, 0.3) is 6.08 Å². The number of carbonyl (C=O) groups excluding carboxylic acids is 1. The average Bonchev–Trinajstić information content (AvgIpc) is 2.69. The summed E-state index contributed by atoms with van der Waals surface area (Å²) in [7, 11) is 0. The largest absolute Gasteiger partial charge is 0.490 e. The van der Waals surface area contributed by atoms with E-state index in [9.17, 15) is 4.79 Å². The van der Waals surface area contributed by atoms with Gasteiger partial charge in [-0.1, -0.05) is 26.0 Å². The molecule has 2 fully saturated rings. The minimum Gasteiger partial charge on any atom is -0.490 e. The minimum atomic E-state index is 0.0479. The summed E-state index contributed by atoms with van der Waals surface area (Å²) in [6.07, 6.45) is 5.99. The lowest BCUT2D eigenvalue weighted by Gasteiger charge is -2.33. The normalized spacial score (nSPS) is 19.7. The van der Waals surface area contributed by atoms with Gasteiger partial charge in [0.25, 0.3) is 0 Å². The molecule has 0 N–H and O–H groups in total. The van der Waals surface area contributed by atoms with Crippen LogP contribution in [0.2, 0.25) is 0 Å². The number of rotatable bonds is 6. The van der Waals surface area contributed by atoms with Crippen LogP contribution >= 0.6 is 0 Å². The van der Waals surface area contributed by atoms with E-state index in [1.54, 1.807) is 6.08 Å². The molecular weight excluding hydrogens is 340 g/mol. The van der Waals surface area contributed by atoms with Crippen molar-refractivity contribution in [1.82, 2.24) is 9.80 Å². The Balaban J connectivity index is 1.45. The van der Waals surface area contributed by atoms with Crippen molar-refractivity contribution in [1.29, 1.82) is 0 Å². The molecule has 1 aromatic rings. The van der Waals surface area contributed by atoms with Crippen molar-refractivity contribution in [2.75, 3.05) is 45.9 Å². The summed E-state index contributed by atoms with van der Waals surface area (Å²) in [5, 5.41) is 0. The quantitative estimate of drug-likeness (QED) is 0.720. The maximum Gasteiger partial charge on any atom is 0.246 e. The van der Waals surface area contributed by atoms with E-state index >= 15 is 0 Å². The van der Waals surface area contributed by atoms with Gasteiger partial charge in [0.15, 0.2) is 0 Å². The lowest BCUT2D eigenvalue weighted by molar-refractivity contribution is -0.129. The highest BCUT2D eigenvalue weighted by molar-refractivity contribution is 5.91. The molecule has 2 saturated heterocycles. The highest BCUT2D eigenvalue weighted by Crippen LogP contribution is 2.20. The predicted molar refractivity (Wildman–Crippen MR) is 108 cm³/mol. The molecule has 5 nitrogen and oxygen atoms in total. The second-order valence-corrected chi connectivity index (χ2v) is 7.85. The van der Waals surface area contributed by atoms with Crippen molar-refractivity contribution in [2.45, 2.75) is 32.8 Å². The third kappa shape index (κ3) is 6.36. The van der Waals surface area contributed by atoms with Crippen molar-refractivity contribution >= 4 is 12.0 Å². The van der Waals surface area contributed by atoms with Gasteiger partial charge in [-0.25, -0.2) is 0 Å². The number of ether oxygens (including phenoxy) is 2. The Morgan fingerprint density at radius 2 is 1.81 bits per heavy atom. The van der Waals surface area contributed by atoms with Crippen LogP contribution in [0.15, 0.2) is 30.3 Å². The summed E-state index contributed by atoms with van der Waals surface area (Å²) in [6, 6.07) is 8.01. The second-order valence-electron chi connectivity index (χ2n) is 7.85. The van der Waals surface area contributed by atoms with Gasteiger partial charge < -0.3 is 19.3 Å². The van der Waals surface area contributed by atoms with Crippen molar-refractivity contribution in [2.24, 2.45) is 5.92 Å². The Morgan fingerprint density at radius 3 is 2.44 bits per heavy atom. The number of benzene rings is 1. The average molecular weight is 373 g/mol. The van der Waals surface area contributed by atoms with Crippen LogP contribution in [-0.4, -0.2) is 67.7 Å². The summed E-state index contributed by atoms with van der Waals surface area (Å²) in [5.41, 5.74) is 1.01. The highest BCUT2D eigenvalue weighted by Gasteiger charge is 2.20. The first-order valence-corrected chi connectivity index (χ1v) is 10.1. The Morgan fingerprint density at radius 1 is 1.15 bits per heavy atom. The fraction of sp³-hybridized carbons (Fsp3) is 0.591. The lowest BCUT2D eigenvalue weighted by atomic mass is 10.1. The first kappa shape index (κ1) is 19.9. The van der Waals surface area contributed by atoms with Crippen LogP contribution in [-0.2, 0) is 9.53 Å². The minimum absolute atomic E-state index is 0.0479. The number of nitrogens with zero attached hydrogens (tertiary/aromatic N) is 2. The zero-order valence-electron chi connectivity index (χ0n) is 16.6. The number of piperidine rings is 1. The van der Waals surface area contributed by atoms with Gasteiger partial charge in [-0.2, -0.15) is 0 Å². The molecule has 0 radical (unpaired) electrons. The Hall–Kier alpha value is -1.85. The van der Waals surface area contributed by atoms with Crippen LogP contribution in [0.5, 0.6) is 5.75 Å². The highest BCUT2D eigenvalue weighted by atomic mass is 16.5. The standard InChI is InChI=1S/C22H32N2O3/c1-18(2)17-23-11-9-21(10-12-23)27-20-6-3-19(4-7-20)5-8-22(25)24-13-15-26-16-14-24/h3-8,18,21H,9-17H2,1-2H3/b8-5+. The Labute approximate surface area is 162 Å². The summed E-state index contributed by atoms with van der Waals surface area (Å²) in [4.78, 5) is 16.5. The fourth-order valence-electron chi connectivity index (χ4n) is 3.63. The van der Waals surface area contributed by atoms with Gasteiger partial charge >= 0.3 is 0 Å². The summed E-state index contributed by atoms with van der Waals surface area (Å²) >= 11 is 0. The molecule has 2 aliphatic rings. The first-order chi connectivity index (χ1) is 13.1. The number of likely N-dealkylation sites (tertiary alicyclic amines) is 1. The third-order valence-corrected chi connectivity index (χ3v) is 5.08. The van der Waals surface area contributed by atoms with Gasteiger partial charge in [0, 0.05) is 38.8 Å². The van der Waals surface area contributed by atoms with E-state index in [-0.39, 0.29) is 5.91 Å². The molecule has 0 atom stereocenters. The van der Waals surface area contributed by atoms with E-state index in [2.05, 4.69) is 18.7 Å². The van der Waals surface area contributed by atoms with E-state index in [0.717, 1.165) is 43.2 Å². The molecule has 1 amide bonds. The maximum atomic E-state index is 12.1. The Bertz CT molecular complexity index is 613. The molecule has 2 aliphatic heterocycles. The van der Waals surface area contributed by atoms with Gasteiger partial charge in [-0.15, -0.1) is 0 Å². The van der Waals surface area contributed by atoms with Crippen LogP contribution in [0.1, 0.15) is 32.3 Å². The number of amides is 1. The SMILES string of the molecule is CC(C)CN1CCC(Oc2ccc(/C=C/C(=O)N3CCOCC3)cc2)CC1. The first-order valence-electron chi connectivity index (χ1n) is 10.1. The molecule has 27 heavy (non-hydrogen) atoms. The molecule has 0 spiro atoms. The molecule has 0 saturated carbocycles. The van der Waals surface area contributed by atoms with Gasteiger partial charge in [0.2, 0.25) is 5.91 Å². The van der Waals surface area contributed by atoms with Crippen LogP contribution in [0.4, 0.5) is 0 Å². The number of carbonyl (C=O) groups is 1. The maximum absolute atomic E-state index is 12.1. The van der Waals surface area contributed by atoms with Crippen LogP contribution in [0.3, 0.4) is 0 Å². The van der Waals surface area contributed by atoms with Gasteiger partial charge in [0.05, 0.1) is 13.2 Å². The zero-order chi connectivity index (χ0) is 19.1. The molecular formula is C22H32N2O3. The zero-order valence-corrected chi connectivity index (χ0v) is 16.6. The van der Waals surface area contributed by atoms with Crippen molar-refractivity contribution < 1.29 is 14.3 Å². The molecule has 3 rings (SSSR count). The number of morpholine rings is 1. The molecule has 0 aliphatic carbocycles. The third-order valence-electron chi connectivity index (χ3n) is 5.08. The van der Waals surface area contributed by atoms with E-state index in [1.807, 2.05) is 35.2 Å². The summed E-state index contributed by atoms with van der Waals surface area (Å²) in [6.45, 7) is 10.6. The Kier molecular flexibility index (Phi) is 7.30. The molecule has 0 aromatic heterocycles. The predicted octanol–water partition coefficient (Wildman–Crippen LogP) is 3.06. The van der Waals surface area contributed by atoms with Crippen LogP contribution in [0, 0.1) is 5.92 Å². The molecule has 148 valence electrons. The molecule has 1 aromatic carbocycles. The van der Waals surface area contributed by atoms with Crippen molar-refractivity contribution in [3.8, 4) is 5.75 Å². The van der Waals surface area contributed by atoms with E-state index in [0.29, 0.717) is 32.4 Å². The van der Waals surface area contributed by atoms with Crippen LogP contribution < -0.4 is 4.74 Å². The fourth-order valence-corrected chi connectivity index (χ4v) is 3.63. The van der Waals surface area contributed by atoms with Gasteiger partial charge in [-0.05, 0) is 42.5 Å². The molecule has 5 heteroatoms. The van der Waals surface area contributed by atoms with E-state index in [1.165, 1.54) is 6.54 Å². The summed E-state index contributed by atoms with van der Waals surface area (Å²) < 4.78 is 11.4.